The molecule has 0 amide bonds. The molecule has 1 aliphatic carbocycles. The maximum absolute atomic E-state index is 5.40. The Morgan fingerprint density at radius 2 is 2.21 bits per heavy atom. The van der Waals surface area contributed by atoms with Crippen LogP contribution in [0.2, 0.25) is 0 Å². The van der Waals surface area contributed by atoms with Crippen LogP contribution in [0.1, 0.15) is 32.3 Å². The van der Waals surface area contributed by atoms with E-state index in [1.54, 1.807) is 0 Å². The summed E-state index contributed by atoms with van der Waals surface area (Å²) < 4.78 is 5.40. The number of likely N-dealkylation sites (N-methyl/N-ethyl adjacent to an activating group) is 1. The summed E-state index contributed by atoms with van der Waals surface area (Å²) >= 11 is 0. The van der Waals surface area contributed by atoms with Gasteiger partial charge in [-0.1, -0.05) is 6.07 Å². The number of pyridine rings is 1. The molecule has 1 aromatic heterocycles. The third-order valence-electron chi connectivity index (χ3n) is 3.40. The van der Waals surface area contributed by atoms with Crippen LogP contribution in [-0.2, 0) is 11.3 Å². The van der Waals surface area contributed by atoms with E-state index in [0.717, 1.165) is 44.7 Å². The normalized spacial score (nSPS) is 14.6. The van der Waals surface area contributed by atoms with Crippen molar-refractivity contribution in [2.24, 2.45) is 0 Å². The number of anilines is 1. The molecule has 0 atom stereocenters. The molecule has 0 bridgehead atoms. The smallest absolute Gasteiger partial charge is 0.128 e. The number of nitrogens with zero attached hydrogens (tertiary/aromatic N) is 2. The lowest BCUT2D eigenvalue weighted by Gasteiger charge is -2.21. The van der Waals surface area contributed by atoms with Gasteiger partial charge in [-0.05, 0) is 38.3 Å². The summed E-state index contributed by atoms with van der Waals surface area (Å²) in [6.45, 7) is 8.50. The second-order valence-electron chi connectivity index (χ2n) is 4.96. The third kappa shape index (κ3) is 4.80. The summed E-state index contributed by atoms with van der Waals surface area (Å²) in [4.78, 5) is 6.80. The number of hydrogen-bond acceptors (Lipinski definition) is 4. The molecule has 19 heavy (non-hydrogen) atoms. The lowest BCUT2D eigenvalue weighted by molar-refractivity contribution is 0.154. The molecule has 4 nitrogen and oxygen atoms in total. The van der Waals surface area contributed by atoms with Crippen LogP contribution in [0.5, 0.6) is 0 Å². The second-order valence-corrected chi connectivity index (χ2v) is 4.96. The van der Waals surface area contributed by atoms with Crippen LogP contribution in [-0.4, -0.2) is 37.3 Å². The summed E-state index contributed by atoms with van der Waals surface area (Å²) in [7, 11) is 0. The zero-order valence-electron chi connectivity index (χ0n) is 12.1. The molecule has 0 saturated heterocycles. The average Bonchev–Trinajstić information content (AvgIpc) is 3.26. The van der Waals surface area contributed by atoms with Crippen LogP contribution >= 0.6 is 0 Å². The number of ether oxygens (including phenoxy) is 1. The summed E-state index contributed by atoms with van der Waals surface area (Å²) in [5, 5.41) is 3.50. The quantitative estimate of drug-likeness (QED) is 0.693. The molecule has 4 heteroatoms. The predicted octanol–water partition coefficient (Wildman–Crippen LogP) is 2.20. The van der Waals surface area contributed by atoms with Crippen molar-refractivity contribution in [2.45, 2.75) is 39.3 Å². The molecule has 1 saturated carbocycles. The Labute approximate surface area is 116 Å². The molecule has 2 rings (SSSR count). The second kappa shape index (κ2) is 7.46. The van der Waals surface area contributed by atoms with Crippen molar-refractivity contribution in [3.8, 4) is 0 Å². The minimum atomic E-state index is 0.748. The Kier molecular flexibility index (Phi) is 5.61. The van der Waals surface area contributed by atoms with Crippen molar-refractivity contribution in [1.29, 1.82) is 0 Å². The zero-order valence-corrected chi connectivity index (χ0v) is 12.1. The standard InChI is InChI=1S/C15H25N3O/c1-3-18(9-10-19-4-2)15-8-5-13(12-17-15)11-16-14-6-7-14/h5,8,12,14,16H,3-4,6-7,9-11H2,1-2H3. The first-order chi connectivity index (χ1) is 9.33. The molecule has 1 aromatic rings. The molecule has 0 aliphatic heterocycles. The number of rotatable bonds is 9. The molecular weight excluding hydrogens is 238 g/mol. The van der Waals surface area contributed by atoms with Gasteiger partial charge in [0.25, 0.3) is 0 Å². The largest absolute Gasteiger partial charge is 0.380 e. The average molecular weight is 263 g/mol. The lowest BCUT2D eigenvalue weighted by Crippen LogP contribution is -2.28. The molecule has 1 fully saturated rings. The Hall–Kier alpha value is -1.13. The summed E-state index contributed by atoms with van der Waals surface area (Å²) in [5.41, 5.74) is 1.26. The Morgan fingerprint density at radius 1 is 1.37 bits per heavy atom. The van der Waals surface area contributed by atoms with Gasteiger partial charge in [0, 0.05) is 38.5 Å². The Morgan fingerprint density at radius 3 is 2.79 bits per heavy atom. The van der Waals surface area contributed by atoms with E-state index in [-0.39, 0.29) is 0 Å². The summed E-state index contributed by atoms with van der Waals surface area (Å²) in [6.07, 6.45) is 4.63. The van der Waals surface area contributed by atoms with E-state index in [1.807, 2.05) is 13.1 Å². The highest BCUT2D eigenvalue weighted by Crippen LogP contribution is 2.19. The van der Waals surface area contributed by atoms with E-state index in [2.05, 4.69) is 34.3 Å². The predicted molar refractivity (Wildman–Crippen MR) is 78.5 cm³/mol. The first kappa shape index (κ1) is 14.3. The van der Waals surface area contributed by atoms with E-state index in [9.17, 15) is 0 Å². The fourth-order valence-electron chi connectivity index (χ4n) is 2.01. The topological polar surface area (TPSA) is 37.4 Å². The maximum atomic E-state index is 5.40. The van der Waals surface area contributed by atoms with Gasteiger partial charge >= 0.3 is 0 Å². The van der Waals surface area contributed by atoms with Gasteiger partial charge in [0.05, 0.1) is 6.61 Å². The van der Waals surface area contributed by atoms with Gasteiger partial charge in [-0.2, -0.15) is 0 Å². The van der Waals surface area contributed by atoms with Crippen LogP contribution < -0.4 is 10.2 Å². The molecule has 0 spiro atoms. The molecular formula is C15H25N3O. The maximum Gasteiger partial charge on any atom is 0.128 e. The minimum Gasteiger partial charge on any atom is -0.380 e. The first-order valence-corrected chi connectivity index (χ1v) is 7.34. The van der Waals surface area contributed by atoms with Gasteiger partial charge in [-0.25, -0.2) is 4.98 Å². The highest BCUT2D eigenvalue weighted by molar-refractivity contribution is 5.39. The molecule has 1 aliphatic rings. The van der Waals surface area contributed by atoms with Crippen LogP contribution in [0.3, 0.4) is 0 Å². The Balaban J connectivity index is 1.83. The fourth-order valence-corrected chi connectivity index (χ4v) is 2.01. The van der Waals surface area contributed by atoms with Crippen molar-refractivity contribution in [2.75, 3.05) is 31.2 Å². The van der Waals surface area contributed by atoms with Crippen molar-refractivity contribution in [3.05, 3.63) is 23.9 Å². The number of nitrogens with one attached hydrogen (secondary N) is 1. The van der Waals surface area contributed by atoms with Gasteiger partial charge < -0.3 is 15.0 Å². The summed E-state index contributed by atoms with van der Waals surface area (Å²) in [6, 6.07) is 5.03. The molecule has 0 unspecified atom stereocenters. The van der Waals surface area contributed by atoms with Crippen LogP contribution in [0.15, 0.2) is 18.3 Å². The van der Waals surface area contributed by atoms with Gasteiger partial charge in [0.2, 0.25) is 0 Å². The van der Waals surface area contributed by atoms with Gasteiger partial charge in [0.1, 0.15) is 5.82 Å². The minimum absolute atomic E-state index is 0.748. The molecule has 1 heterocycles. The molecule has 1 N–H and O–H groups in total. The van der Waals surface area contributed by atoms with Crippen LogP contribution in [0, 0.1) is 0 Å². The number of aromatic nitrogens is 1. The van der Waals surface area contributed by atoms with Gasteiger partial charge in [0.15, 0.2) is 0 Å². The zero-order chi connectivity index (χ0) is 13.5. The van der Waals surface area contributed by atoms with Crippen molar-refractivity contribution >= 4 is 5.82 Å². The highest BCUT2D eigenvalue weighted by atomic mass is 16.5. The van der Waals surface area contributed by atoms with E-state index >= 15 is 0 Å². The van der Waals surface area contributed by atoms with Crippen molar-refractivity contribution in [3.63, 3.8) is 0 Å². The fraction of sp³-hybridized carbons (Fsp3) is 0.667. The van der Waals surface area contributed by atoms with Crippen molar-refractivity contribution < 1.29 is 4.74 Å². The molecule has 106 valence electrons. The van der Waals surface area contributed by atoms with E-state index in [4.69, 9.17) is 4.74 Å². The monoisotopic (exact) mass is 263 g/mol. The first-order valence-electron chi connectivity index (χ1n) is 7.34. The third-order valence-corrected chi connectivity index (χ3v) is 3.40. The van der Waals surface area contributed by atoms with Crippen molar-refractivity contribution in [1.82, 2.24) is 10.3 Å². The van der Waals surface area contributed by atoms with E-state index in [1.165, 1.54) is 18.4 Å². The highest BCUT2D eigenvalue weighted by Gasteiger charge is 2.19. The number of hydrogen-bond donors (Lipinski definition) is 1. The van der Waals surface area contributed by atoms with E-state index < -0.39 is 0 Å². The molecule has 0 aromatic carbocycles. The Bertz CT molecular complexity index is 362. The van der Waals surface area contributed by atoms with Gasteiger partial charge in [-0.15, -0.1) is 0 Å². The van der Waals surface area contributed by atoms with Crippen LogP contribution in [0.25, 0.3) is 0 Å². The molecule has 0 radical (unpaired) electrons. The lowest BCUT2D eigenvalue weighted by atomic mass is 10.2. The van der Waals surface area contributed by atoms with Crippen LogP contribution in [0.4, 0.5) is 5.82 Å². The van der Waals surface area contributed by atoms with Gasteiger partial charge in [-0.3, -0.25) is 0 Å². The SMILES string of the molecule is CCOCCN(CC)c1ccc(CNC2CC2)cn1. The summed E-state index contributed by atoms with van der Waals surface area (Å²) in [5.74, 6) is 1.04. The van der Waals surface area contributed by atoms with E-state index in [0.29, 0.717) is 0 Å².